The molecule has 6 heteroatoms. The number of hydrogen-bond acceptors (Lipinski definition) is 4. The van der Waals surface area contributed by atoms with Crippen LogP contribution in [0.4, 0.5) is 4.79 Å². The molecule has 0 bridgehead atoms. The predicted octanol–water partition coefficient (Wildman–Crippen LogP) is 1.50. The van der Waals surface area contributed by atoms with Gasteiger partial charge in [-0.05, 0) is 12.0 Å². The lowest BCUT2D eigenvalue weighted by Crippen LogP contribution is -2.45. The minimum absolute atomic E-state index is 0.125. The molecule has 1 amide bonds. The first-order valence-electron chi connectivity index (χ1n) is 6.36. The Labute approximate surface area is 116 Å². The number of benzene rings is 1. The first-order chi connectivity index (χ1) is 9.63. The summed E-state index contributed by atoms with van der Waals surface area (Å²) in [5.74, 6) is -1.08. The van der Waals surface area contributed by atoms with Crippen LogP contribution in [-0.4, -0.2) is 47.9 Å². The van der Waals surface area contributed by atoms with Crippen molar-refractivity contribution in [3.05, 3.63) is 35.9 Å². The van der Waals surface area contributed by atoms with E-state index in [0.29, 0.717) is 13.0 Å². The van der Waals surface area contributed by atoms with E-state index in [-0.39, 0.29) is 6.61 Å². The largest absolute Gasteiger partial charge is 0.480 e. The van der Waals surface area contributed by atoms with Gasteiger partial charge in [0.05, 0.1) is 6.10 Å². The summed E-state index contributed by atoms with van der Waals surface area (Å²) in [6.45, 7) is 0.448. The number of rotatable bonds is 4. The fraction of sp³-hybridized carbons (Fsp3) is 0.429. The summed E-state index contributed by atoms with van der Waals surface area (Å²) in [7, 11) is 1.44. The third-order valence-electron chi connectivity index (χ3n) is 3.34. The van der Waals surface area contributed by atoms with Gasteiger partial charge in [-0.25, -0.2) is 9.59 Å². The zero-order chi connectivity index (χ0) is 14.5. The molecule has 2 atom stereocenters. The topological polar surface area (TPSA) is 76.1 Å². The maximum atomic E-state index is 12.0. The van der Waals surface area contributed by atoms with Crippen LogP contribution in [0.2, 0.25) is 0 Å². The monoisotopic (exact) mass is 279 g/mol. The maximum absolute atomic E-state index is 12.0. The molecule has 20 heavy (non-hydrogen) atoms. The second kappa shape index (κ2) is 6.38. The molecule has 1 aliphatic heterocycles. The van der Waals surface area contributed by atoms with Crippen LogP contribution in [0.25, 0.3) is 0 Å². The highest BCUT2D eigenvalue weighted by atomic mass is 16.6. The van der Waals surface area contributed by atoms with Crippen molar-refractivity contribution in [2.45, 2.75) is 25.2 Å². The highest BCUT2D eigenvalue weighted by molar-refractivity contribution is 5.81. The number of carbonyl (C=O) groups is 2. The molecule has 1 heterocycles. The molecular formula is C14H17NO5. The van der Waals surface area contributed by atoms with Gasteiger partial charge in [-0.3, -0.25) is 4.90 Å². The minimum atomic E-state index is -1.08. The van der Waals surface area contributed by atoms with Crippen molar-refractivity contribution in [2.24, 2.45) is 0 Å². The molecule has 6 nitrogen and oxygen atoms in total. The van der Waals surface area contributed by atoms with Crippen LogP contribution >= 0.6 is 0 Å². The molecule has 1 saturated heterocycles. The van der Waals surface area contributed by atoms with Crippen LogP contribution < -0.4 is 0 Å². The molecule has 1 aliphatic rings. The number of hydrogen-bond donors (Lipinski definition) is 1. The van der Waals surface area contributed by atoms with Gasteiger partial charge in [-0.1, -0.05) is 30.3 Å². The summed E-state index contributed by atoms with van der Waals surface area (Å²) in [5, 5.41) is 9.19. The molecule has 2 rings (SSSR count). The minimum Gasteiger partial charge on any atom is -0.480 e. The van der Waals surface area contributed by atoms with E-state index in [4.69, 9.17) is 9.47 Å². The average Bonchev–Trinajstić information content (AvgIpc) is 2.90. The number of methoxy groups -OCH3 is 1. The number of carbonyl (C=O) groups excluding carboxylic acids is 1. The highest BCUT2D eigenvalue weighted by Crippen LogP contribution is 2.22. The summed E-state index contributed by atoms with van der Waals surface area (Å²) in [6, 6.07) is 8.26. The second-order valence-electron chi connectivity index (χ2n) is 4.58. The number of nitrogens with zero attached hydrogens (tertiary/aromatic N) is 1. The molecule has 108 valence electrons. The fourth-order valence-electron chi connectivity index (χ4n) is 2.31. The van der Waals surface area contributed by atoms with E-state index < -0.39 is 24.2 Å². The van der Waals surface area contributed by atoms with Crippen LogP contribution in [0.3, 0.4) is 0 Å². The highest BCUT2D eigenvalue weighted by Gasteiger charge is 2.43. The summed E-state index contributed by atoms with van der Waals surface area (Å²) >= 11 is 0. The van der Waals surface area contributed by atoms with E-state index >= 15 is 0 Å². The Kier molecular flexibility index (Phi) is 4.57. The van der Waals surface area contributed by atoms with Gasteiger partial charge in [0, 0.05) is 13.7 Å². The van der Waals surface area contributed by atoms with Crippen molar-refractivity contribution in [3.8, 4) is 0 Å². The predicted molar refractivity (Wildman–Crippen MR) is 70.2 cm³/mol. The van der Waals surface area contributed by atoms with Gasteiger partial charge in [0.25, 0.3) is 0 Å². The van der Waals surface area contributed by atoms with Crippen LogP contribution in [0, 0.1) is 0 Å². The van der Waals surface area contributed by atoms with Crippen LogP contribution in [0.5, 0.6) is 0 Å². The molecular weight excluding hydrogens is 262 g/mol. The number of carboxylic acid groups (broad SMARTS) is 1. The van der Waals surface area contributed by atoms with Crippen LogP contribution in [-0.2, 0) is 20.9 Å². The first-order valence-corrected chi connectivity index (χ1v) is 6.36. The van der Waals surface area contributed by atoms with Crippen molar-refractivity contribution in [3.63, 3.8) is 0 Å². The Hall–Kier alpha value is -2.08. The molecule has 1 aromatic rings. The molecule has 1 fully saturated rings. The summed E-state index contributed by atoms with van der Waals surface area (Å²) in [6.07, 6.45) is -0.619. The smallest absolute Gasteiger partial charge is 0.410 e. The Morgan fingerprint density at radius 3 is 2.65 bits per heavy atom. The van der Waals surface area contributed by atoms with E-state index in [0.717, 1.165) is 5.56 Å². The van der Waals surface area contributed by atoms with Crippen molar-refractivity contribution in [1.29, 1.82) is 0 Å². The molecule has 0 spiro atoms. The third kappa shape index (κ3) is 3.08. The van der Waals surface area contributed by atoms with E-state index in [2.05, 4.69) is 0 Å². The fourth-order valence-corrected chi connectivity index (χ4v) is 2.31. The molecule has 1 N–H and O–H groups in total. The number of aliphatic carboxylic acids is 1. The zero-order valence-electron chi connectivity index (χ0n) is 11.2. The Bertz CT molecular complexity index is 476. The molecule has 1 aromatic carbocycles. The SMILES string of the molecule is CO[C@H]1CCN(C(=O)OCc2ccccc2)[C@@H]1C(=O)O. The normalized spacial score (nSPS) is 21.8. The zero-order valence-corrected chi connectivity index (χ0v) is 11.2. The molecule has 0 radical (unpaired) electrons. The van der Waals surface area contributed by atoms with Crippen LogP contribution in [0.15, 0.2) is 30.3 Å². The Morgan fingerprint density at radius 2 is 2.05 bits per heavy atom. The molecule has 0 saturated carbocycles. The van der Waals surface area contributed by atoms with Crippen molar-refractivity contribution in [1.82, 2.24) is 4.90 Å². The molecule has 0 unspecified atom stereocenters. The van der Waals surface area contributed by atoms with Gasteiger partial charge in [0.15, 0.2) is 6.04 Å². The Balaban J connectivity index is 1.96. The van der Waals surface area contributed by atoms with E-state index in [1.807, 2.05) is 30.3 Å². The second-order valence-corrected chi connectivity index (χ2v) is 4.58. The first kappa shape index (κ1) is 14.3. The van der Waals surface area contributed by atoms with Gasteiger partial charge >= 0.3 is 12.1 Å². The summed E-state index contributed by atoms with van der Waals surface area (Å²) in [4.78, 5) is 24.4. The van der Waals surface area contributed by atoms with Gasteiger partial charge in [-0.2, -0.15) is 0 Å². The lowest BCUT2D eigenvalue weighted by molar-refractivity contribution is -0.145. The van der Waals surface area contributed by atoms with Gasteiger partial charge in [-0.15, -0.1) is 0 Å². The van der Waals surface area contributed by atoms with E-state index in [1.54, 1.807) is 0 Å². The number of amides is 1. The number of likely N-dealkylation sites (tertiary alicyclic amines) is 1. The van der Waals surface area contributed by atoms with Gasteiger partial charge < -0.3 is 14.6 Å². The van der Waals surface area contributed by atoms with Crippen molar-refractivity contribution >= 4 is 12.1 Å². The Morgan fingerprint density at radius 1 is 1.35 bits per heavy atom. The molecule has 0 aromatic heterocycles. The van der Waals surface area contributed by atoms with Gasteiger partial charge in [0.2, 0.25) is 0 Å². The standard InChI is InChI=1S/C14H17NO5/c1-19-11-7-8-15(12(11)13(16)17)14(18)20-9-10-5-3-2-4-6-10/h2-6,11-12H,7-9H2,1H3,(H,16,17)/t11-,12-/m0/s1. The third-order valence-corrected chi connectivity index (χ3v) is 3.34. The van der Waals surface area contributed by atoms with E-state index in [1.165, 1.54) is 12.0 Å². The van der Waals surface area contributed by atoms with E-state index in [9.17, 15) is 14.7 Å². The lowest BCUT2D eigenvalue weighted by Gasteiger charge is -2.23. The summed E-state index contributed by atoms with van der Waals surface area (Å²) in [5.41, 5.74) is 0.857. The average molecular weight is 279 g/mol. The van der Waals surface area contributed by atoms with Crippen LogP contribution in [0.1, 0.15) is 12.0 Å². The van der Waals surface area contributed by atoms with Gasteiger partial charge in [0.1, 0.15) is 6.61 Å². The lowest BCUT2D eigenvalue weighted by atomic mass is 10.2. The number of carboxylic acids is 1. The molecule has 0 aliphatic carbocycles. The summed E-state index contributed by atoms with van der Waals surface area (Å²) < 4.78 is 10.3. The van der Waals surface area contributed by atoms with Crippen molar-refractivity contribution < 1.29 is 24.2 Å². The number of ether oxygens (including phenoxy) is 2. The maximum Gasteiger partial charge on any atom is 0.410 e. The van der Waals surface area contributed by atoms with Crippen molar-refractivity contribution in [2.75, 3.05) is 13.7 Å². The quantitative estimate of drug-likeness (QED) is 0.903.